The number of fused-ring (bicyclic) bond motifs is 1. The molecular formula is C27H23NO4. The van der Waals surface area contributed by atoms with E-state index in [1.54, 1.807) is 12.1 Å². The lowest BCUT2D eigenvalue weighted by molar-refractivity contribution is -0.139. The summed E-state index contributed by atoms with van der Waals surface area (Å²) in [4.78, 5) is 24.4. The van der Waals surface area contributed by atoms with Crippen molar-refractivity contribution in [3.8, 4) is 5.75 Å². The fourth-order valence-corrected chi connectivity index (χ4v) is 3.49. The van der Waals surface area contributed by atoms with E-state index in [0.717, 1.165) is 27.6 Å². The minimum Gasteiger partial charge on any atom is -0.489 e. The SMILES string of the molecule is O=C(NC(Cc1ccccc1)C(=O)O)c1ccc2cc(OCc3ccccc3)ccc2c1. The van der Waals surface area contributed by atoms with E-state index in [0.29, 0.717) is 12.2 Å². The van der Waals surface area contributed by atoms with Gasteiger partial charge in [-0.3, -0.25) is 4.79 Å². The molecule has 1 amide bonds. The van der Waals surface area contributed by atoms with Crippen molar-refractivity contribution in [3.05, 3.63) is 114 Å². The molecule has 0 saturated carbocycles. The lowest BCUT2D eigenvalue weighted by Gasteiger charge is -2.15. The van der Waals surface area contributed by atoms with E-state index >= 15 is 0 Å². The van der Waals surface area contributed by atoms with Crippen LogP contribution in [0.3, 0.4) is 0 Å². The Kier molecular flexibility index (Phi) is 6.46. The fraction of sp³-hybridized carbons (Fsp3) is 0.111. The van der Waals surface area contributed by atoms with Crippen LogP contribution in [0.15, 0.2) is 97.1 Å². The Balaban J connectivity index is 1.45. The van der Waals surface area contributed by atoms with Gasteiger partial charge in [0.1, 0.15) is 18.4 Å². The van der Waals surface area contributed by atoms with E-state index in [9.17, 15) is 14.7 Å². The summed E-state index contributed by atoms with van der Waals surface area (Å²) in [6, 6.07) is 29.1. The van der Waals surface area contributed by atoms with Gasteiger partial charge in [-0.25, -0.2) is 4.79 Å². The van der Waals surface area contributed by atoms with E-state index < -0.39 is 17.9 Å². The second-order valence-electron chi connectivity index (χ2n) is 7.55. The summed E-state index contributed by atoms with van der Waals surface area (Å²) < 4.78 is 5.87. The van der Waals surface area contributed by atoms with Gasteiger partial charge in [0.25, 0.3) is 5.91 Å². The van der Waals surface area contributed by atoms with Gasteiger partial charge in [0.05, 0.1) is 0 Å². The van der Waals surface area contributed by atoms with Gasteiger partial charge in [0.2, 0.25) is 0 Å². The zero-order chi connectivity index (χ0) is 22.3. The number of carbonyl (C=O) groups excluding carboxylic acids is 1. The second-order valence-corrected chi connectivity index (χ2v) is 7.55. The topological polar surface area (TPSA) is 75.6 Å². The highest BCUT2D eigenvalue weighted by Gasteiger charge is 2.21. The van der Waals surface area contributed by atoms with Crippen LogP contribution < -0.4 is 10.1 Å². The molecule has 0 aliphatic heterocycles. The van der Waals surface area contributed by atoms with Gasteiger partial charge in [-0.05, 0) is 46.2 Å². The molecule has 2 N–H and O–H groups in total. The van der Waals surface area contributed by atoms with Gasteiger partial charge >= 0.3 is 5.97 Å². The number of ether oxygens (including phenoxy) is 1. The molecule has 1 atom stereocenters. The van der Waals surface area contributed by atoms with Crippen LogP contribution in [0.5, 0.6) is 5.75 Å². The Morgan fingerprint density at radius 1 is 0.781 bits per heavy atom. The summed E-state index contributed by atoms with van der Waals surface area (Å²) in [7, 11) is 0. The molecule has 5 nitrogen and oxygen atoms in total. The first-order valence-corrected chi connectivity index (χ1v) is 10.4. The molecule has 0 spiro atoms. The molecule has 0 aromatic heterocycles. The van der Waals surface area contributed by atoms with E-state index in [-0.39, 0.29) is 6.42 Å². The van der Waals surface area contributed by atoms with Gasteiger partial charge in [0.15, 0.2) is 0 Å². The Bertz CT molecular complexity index is 1220. The van der Waals surface area contributed by atoms with Crippen LogP contribution in [-0.2, 0) is 17.8 Å². The minimum atomic E-state index is -1.07. The van der Waals surface area contributed by atoms with Crippen LogP contribution >= 0.6 is 0 Å². The smallest absolute Gasteiger partial charge is 0.326 e. The van der Waals surface area contributed by atoms with Crippen LogP contribution in [0.1, 0.15) is 21.5 Å². The van der Waals surface area contributed by atoms with Crippen molar-refractivity contribution in [2.24, 2.45) is 0 Å². The van der Waals surface area contributed by atoms with Crippen molar-refractivity contribution in [2.75, 3.05) is 0 Å². The molecule has 0 heterocycles. The monoisotopic (exact) mass is 425 g/mol. The Morgan fingerprint density at radius 2 is 1.41 bits per heavy atom. The maximum atomic E-state index is 12.7. The highest BCUT2D eigenvalue weighted by molar-refractivity contribution is 6.00. The van der Waals surface area contributed by atoms with Gasteiger partial charge in [-0.15, -0.1) is 0 Å². The normalized spacial score (nSPS) is 11.6. The van der Waals surface area contributed by atoms with Crippen LogP contribution in [0.4, 0.5) is 0 Å². The van der Waals surface area contributed by atoms with Gasteiger partial charge in [-0.2, -0.15) is 0 Å². The van der Waals surface area contributed by atoms with Crippen molar-refractivity contribution in [3.63, 3.8) is 0 Å². The molecule has 0 radical (unpaired) electrons. The first-order chi connectivity index (χ1) is 15.6. The Hall–Kier alpha value is -4.12. The van der Waals surface area contributed by atoms with E-state index in [1.807, 2.05) is 84.9 Å². The lowest BCUT2D eigenvalue weighted by Crippen LogP contribution is -2.42. The number of hydrogen-bond donors (Lipinski definition) is 2. The highest BCUT2D eigenvalue weighted by atomic mass is 16.5. The summed E-state index contributed by atoms with van der Waals surface area (Å²) in [6.45, 7) is 0.477. The van der Waals surface area contributed by atoms with Gasteiger partial charge in [-0.1, -0.05) is 72.8 Å². The quantitative estimate of drug-likeness (QED) is 0.423. The first kappa shape index (κ1) is 21.1. The summed E-state index contributed by atoms with van der Waals surface area (Å²) in [6.07, 6.45) is 0.220. The number of hydrogen-bond acceptors (Lipinski definition) is 3. The third-order valence-corrected chi connectivity index (χ3v) is 5.21. The van der Waals surface area contributed by atoms with Crippen molar-refractivity contribution in [1.82, 2.24) is 5.32 Å². The van der Waals surface area contributed by atoms with Crippen LogP contribution in [-0.4, -0.2) is 23.0 Å². The number of carboxylic acids is 1. The molecule has 4 aromatic carbocycles. The predicted molar refractivity (Wildman–Crippen MR) is 124 cm³/mol. The lowest BCUT2D eigenvalue weighted by atomic mass is 10.0. The third-order valence-electron chi connectivity index (χ3n) is 5.21. The number of aliphatic carboxylic acids is 1. The average Bonchev–Trinajstić information content (AvgIpc) is 2.83. The van der Waals surface area contributed by atoms with E-state index in [4.69, 9.17) is 4.74 Å². The largest absolute Gasteiger partial charge is 0.489 e. The molecule has 0 aliphatic carbocycles. The van der Waals surface area contributed by atoms with Gasteiger partial charge < -0.3 is 15.2 Å². The van der Waals surface area contributed by atoms with Crippen LogP contribution in [0, 0.1) is 0 Å². The summed E-state index contributed by atoms with van der Waals surface area (Å²) in [5.41, 5.74) is 2.35. The number of carbonyl (C=O) groups is 2. The molecule has 0 bridgehead atoms. The number of rotatable bonds is 8. The zero-order valence-corrected chi connectivity index (χ0v) is 17.4. The van der Waals surface area contributed by atoms with Crippen LogP contribution in [0.2, 0.25) is 0 Å². The van der Waals surface area contributed by atoms with E-state index in [2.05, 4.69) is 5.32 Å². The average molecular weight is 425 g/mol. The van der Waals surface area contributed by atoms with E-state index in [1.165, 1.54) is 0 Å². The van der Waals surface area contributed by atoms with Crippen molar-refractivity contribution in [2.45, 2.75) is 19.1 Å². The molecule has 1 unspecified atom stereocenters. The molecule has 4 rings (SSSR count). The van der Waals surface area contributed by atoms with Crippen molar-refractivity contribution in [1.29, 1.82) is 0 Å². The standard InChI is InChI=1S/C27H23NO4/c29-26(28-25(27(30)31)15-19-7-3-1-4-8-19)23-12-11-22-17-24(14-13-21(22)16-23)32-18-20-9-5-2-6-10-20/h1-14,16-17,25H,15,18H2,(H,28,29)(H,30,31). The second kappa shape index (κ2) is 9.79. The summed E-state index contributed by atoms with van der Waals surface area (Å²) in [5.74, 6) is -0.741. The molecule has 0 aliphatic rings. The number of benzene rings is 4. The molecule has 0 saturated heterocycles. The molecule has 160 valence electrons. The predicted octanol–water partition coefficient (Wildman–Crippen LogP) is 4.84. The Morgan fingerprint density at radius 3 is 2.09 bits per heavy atom. The molecule has 32 heavy (non-hydrogen) atoms. The summed E-state index contributed by atoms with van der Waals surface area (Å²) in [5, 5.41) is 14.0. The maximum Gasteiger partial charge on any atom is 0.326 e. The first-order valence-electron chi connectivity index (χ1n) is 10.4. The third kappa shape index (κ3) is 5.32. The summed E-state index contributed by atoms with van der Waals surface area (Å²) >= 11 is 0. The van der Waals surface area contributed by atoms with Crippen molar-refractivity contribution < 1.29 is 19.4 Å². The zero-order valence-electron chi connectivity index (χ0n) is 17.4. The minimum absolute atomic E-state index is 0.220. The maximum absolute atomic E-state index is 12.7. The molecule has 5 heteroatoms. The number of carboxylic acid groups (broad SMARTS) is 1. The fourth-order valence-electron chi connectivity index (χ4n) is 3.49. The van der Waals surface area contributed by atoms with Crippen molar-refractivity contribution >= 4 is 22.6 Å². The molecule has 4 aromatic rings. The molecule has 0 fully saturated rings. The Labute approximate surface area is 186 Å². The molecular weight excluding hydrogens is 402 g/mol. The number of amides is 1. The highest BCUT2D eigenvalue weighted by Crippen LogP contribution is 2.23. The van der Waals surface area contributed by atoms with Crippen LogP contribution in [0.25, 0.3) is 10.8 Å². The number of nitrogens with one attached hydrogen (secondary N) is 1. The van der Waals surface area contributed by atoms with Gasteiger partial charge in [0, 0.05) is 12.0 Å².